The lowest BCUT2D eigenvalue weighted by molar-refractivity contribution is -0.171. The Hall–Kier alpha value is -4.35. The molecule has 0 spiro atoms. The SMILES string of the molecule is C=Cc1cc(OCc2ccccc2)c(N(CC(=O)OC)C(=O)C(F)(F)F)c(F)c1C[C@@H](C=C)NC(=O)OC(C)(C)C. The van der Waals surface area contributed by atoms with Crippen LogP contribution in [0.3, 0.4) is 0 Å². The fourth-order valence-corrected chi connectivity index (χ4v) is 3.63. The standard InChI is InChI=1S/C29H32F4N2O6/c1-7-19-14-22(40-17-18-12-10-9-11-13-18)25(35(16-23(36)39-6)26(37)29(31,32)33)24(30)21(19)15-20(8-2)34-27(38)41-28(3,4)5/h7-14,20H,1-2,15-17H2,3-6H3,(H,34,38)/t20-/m1/s1. The number of hydrogen-bond acceptors (Lipinski definition) is 6. The van der Waals surface area contributed by atoms with Crippen molar-refractivity contribution in [1.82, 2.24) is 5.32 Å². The smallest absolute Gasteiger partial charge is 0.471 e. The highest BCUT2D eigenvalue weighted by Gasteiger charge is 2.45. The van der Waals surface area contributed by atoms with Gasteiger partial charge in [-0.2, -0.15) is 13.2 Å². The lowest BCUT2D eigenvalue weighted by atomic mass is 9.97. The number of carbonyl (C=O) groups is 3. The number of ether oxygens (including phenoxy) is 3. The van der Waals surface area contributed by atoms with Gasteiger partial charge >= 0.3 is 24.1 Å². The average Bonchev–Trinajstić information content (AvgIpc) is 2.89. The second-order valence-corrected chi connectivity index (χ2v) is 9.74. The summed E-state index contributed by atoms with van der Waals surface area (Å²) in [6.07, 6.45) is -4.13. The van der Waals surface area contributed by atoms with Gasteiger partial charge in [-0.3, -0.25) is 14.5 Å². The zero-order valence-electron chi connectivity index (χ0n) is 23.1. The van der Waals surface area contributed by atoms with E-state index < -0.39 is 59.6 Å². The van der Waals surface area contributed by atoms with Crippen molar-refractivity contribution in [2.24, 2.45) is 0 Å². The molecule has 12 heteroatoms. The number of rotatable bonds is 11. The van der Waals surface area contributed by atoms with Gasteiger partial charge in [0, 0.05) is 0 Å². The van der Waals surface area contributed by atoms with Gasteiger partial charge in [0.15, 0.2) is 5.82 Å². The number of halogens is 4. The quantitative estimate of drug-likeness (QED) is 0.207. The highest BCUT2D eigenvalue weighted by atomic mass is 19.4. The number of esters is 1. The van der Waals surface area contributed by atoms with Crippen LogP contribution in [0.15, 0.2) is 55.6 Å². The van der Waals surface area contributed by atoms with E-state index in [4.69, 9.17) is 9.47 Å². The van der Waals surface area contributed by atoms with Crippen molar-refractivity contribution >= 4 is 29.7 Å². The van der Waals surface area contributed by atoms with Crippen LogP contribution in [0.4, 0.5) is 28.0 Å². The first-order chi connectivity index (χ1) is 19.1. The molecule has 1 N–H and O–H groups in total. The third kappa shape index (κ3) is 9.37. The van der Waals surface area contributed by atoms with Gasteiger partial charge in [0.2, 0.25) is 0 Å². The molecule has 2 amide bonds. The summed E-state index contributed by atoms with van der Waals surface area (Å²) in [5.41, 5.74) is -1.31. The lowest BCUT2D eigenvalue weighted by Gasteiger charge is -2.28. The van der Waals surface area contributed by atoms with E-state index in [1.54, 1.807) is 51.1 Å². The van der Waals surface area contributed by atoms with Gasteiger partial charge in [-0.15, -0.1) is 6.58 Å². The molecular formula is C29H32F4N2O6. The number of anilines is 1. The molecule has 222 valence electrons. The summed E-state index contributed by atoms with van der Waals surface area (Å²) in [4.78, 5) is 36.8. The third-order valence-corrected chi connectivity index (χ3v) is 5.48. The van der Waals surface area contributed by atoms with Crippen molar-refractivity contribution in [3.05, 3.63) is 78.1 Å². The molecule has 2 aromatic rings. The molecule has 0 aliphatic rings. The molecule has 0 saturated heterocycles. The van der Waals surface area contributed by atoms with Crippen molar-refractivity contribution in [2.75, 3.05) is 18.6 Å². The number of nitrogens with zero attached hydrogens (tertiary/aromatic N) is 1. The maximum Gasteiger partial charge on any atom is 0.471 e. The predicted octanol–water partition coefficient (Wildman–Crippen LogP) is 5.74. The molecule has 0 aliphatic heterocycles. The molecule has 2 aromatic carbocycles. The fourth-order valence-electron chi connectivity index (χ4n) is 3.63. The number of benzene rings is 2. The van der Waals surface area contributed by atoms with E-state index in [9.17, 15) is 27.6 Å². The second kappa shape index (κ2) is 13.8. The Labute approximate surface area is 235 Å². The third-order valence-electron chi connectivity index (χ3n) is 5.48. The molecule has 0 saturated carbocycles. The predicted molar refractivity (Wildman–Crippen MR) is 145 cm³/mol. The van der Waals surface area contributed by atoms with E-state index in [0.717, 1.165) is 7.11 Å². The summed E-state index contributed by atoms with van der Waals surface area (Å²) in [6.45, 7) is 10.7. The Morgan fingerprint density at radius 3 is 2.24 bits per heavy atom. The Morgan fingerprint density at radius 1 is 1.10 bits per heavy atom. The van der Waals surface area contributed by atoms with Crippen LogP contribution in [-0.2, 0) is 32.1 Å². The number of nitrogens with one attached hydrogen (secondary N) is 1. The summed E-state index contributed by atoms with van der Waals surface area (Å²) < 4.78 is 72.7. The number of alkyl carbamates (subject to hydrolysis) is 1. The minimum atomic E-state index is -5.48. The number of alkyl halides is 3. The molecular weight excluding hydrogens is 548 g/mol. The van der Waals surface area contributed by atoms with Crippen molar-refractivity contribution in [2.45, 2.75) is 51.6 Å². The molecule has 0 fully saturated rings. The van der Waals surface area contributed by atoms with Gasteiger partial charge in [0.1, 0.15) is 30.2 Å². The molecule has 1 atom stereocenters. The minimum absolute atomic E-state index is 0.0813. The summed E-state index contributed by atoms with van der Waals surface area (Å²) in [6, 6.07) is 8.72. The highest BCUT2D eigenvalue weighted by Crippen LogP contribution is 2.39. The molecule has 41 heavy (non-hydrogen) atoms. The zero-order chi connectivity index (χ0) is 31.0. The summed E-state index contributed by atoms with van der Waals surface area (Å²) in [7, 11) is 0.908. The molecule has 0 aliphatic carbocycles. The molecule has 8 nitrogen and oxygen atoms in total. The van der Waals surface area contributed by atoms with Crippen LogP contribution >= 0.6 is 0 Å². The summed E-state index contributed by atoms with van der Waals surface area (Å²) in [5.74, 6) is -5.51. The van der Waals surface area contributed by atoms with Gasteiger partial charge in [-0.25, -0.2) is 9.18 Å². The largest absolute Gasteiger partial charge is 0.487 e. The van der Waals surface area contributed by atoms with Crippen LogP contribution < -0.4 is 15.0 Å². The monoisotopic (exact) mass is 580 g/mol. The molecule has 0 heterocycles. The van der Waals surface area contributed by atoms with Gasteiger partial charge in [-0.05, 0) is 49.9 Å². The summed E-state index contributed by atoms with van der Waals surface area (Å²) >= 11 is 0. The van der Waals surface area contributed by atoms with Crippen molar-refractivity contribution in [3.63, 3.8) is 0 Å². The van der Waals surface area contributed by atoms with Crippen LogP contribution in [0, 0.1) is 5.82 Å². The summed E-state index contributed by atoms with van der Waals surface area (Å²) in [5, 5.41) is 2.50. The van der Waals surface area contributed by atoms with E-state index >= 15 is 4.39 Å². The maximum atomic E-state index is 16.3. The van der Waals surface area contributed by atoms with E-state index in [1.807, 2.05) is 0 Å². The number of carbonyl (C=O) groups excluding carboxylic acids is 3. The van der Waals surface area contributed by atoms with Crippen molar-refractivity contribution in [1.29, 1.82) is 0 Å². The van der Waals surface area contributed by atoms with Gasteiger partial charge < -0.3 is 19.5 Å². The van der Waals surface area contributed by atoms with E-state index in [-0.39, 0.29) is 29.1 Å². The van der Waals surface area contributed by atoms with Crippen LogP contribution in [0.25, 0.3) is 6.08 Å². The van der Waals surface area contributed by atoms with Gasteiger partial charge in [0.05, 0.1) is 13.2 Å². The Bertz CT molecular complexity index is 1270. The molecule has 0 bridgehead atoms. The Balaban J connectivity index is 2.70. The first-order valence-electron chi connectivity index (χ1n) is 12.3. The Kier molecular flexibility index (Phi) is 11.1. The lowest BCUT2D eigenvalue weighted by Crippen LogP contribution is -2.45. The molecule has 2 rings (SSSR count). The van der Waals surface area contributed by atoms with Gasteiger partial charge in [-0.1, -0.05) is 49.1 Å². The van der Waals surface area contributed by atoms with E-state index in [0.29, 0.717) is 5.56 Å². The number of hydrogen-bond donors (Lipinski definition) is 1. The van der Waals surface area contributed by atoms with Crippen LogP contribution in [0.5, 0.6) is 5.75 Å². The first kappa shape index (κ1) is 32.9. The second-order valence-electron chi connectivity index (χ2n) is 9.74. The van der Waals surface area contributed by atoms with Crippen molar-refractivity contribution < 1.29 is 46.2 Å². The molecule has 0 aromatic heterocycles. The normalized spacial score (nSPS) is 12.1. The zero-order valence-corrected chi connectivity index (χ0v) is 23.1. The number of methoxy groups -OCH3 is 1. The van der Waals surface area contributed by atoms with Crippen LogP contribution in [0.2, 0.25) is 0 Å². The number of amides is 2. The van der Waals surface area contributed by atoms with Crippen LogP contribution in [-0.4, -0.2) is 49.4 Å². The average molecular weight is 581 g/mol. The maximum absolute atomic E-state index is 16.3. The van der Waals surface area contributed by atoms with E-state index in [1.165, 1.54) is 18.2 Å². The van der Waals surface area contributed by atoms with Gasteiger partial charge in [0.25, 0.3) is 0 Å². The molecule has 0 unspecified atom stereocenters. The van der Waals surface area contributed by atoms with E-state index in [2.05, 4.69) is 23.2 Å². The minimum Gasteiger partial charge on any atom is -0.487 e. The Morgan fingerprint density at radius 2 is 1.73 bits per heavy atom. The topological polar surface area (TPSA) is 94.2 Å². The van der Waals surface area contributed by atoms with Crippen LogP contribution in [0.1, 0.15) is 37.5 Å². The fraction of sp³-hybridized carbons (Fsp3) is 0.345. The highest BCUT2D eigenvalue weighted by molar-refractivity contribution is 6.02. The molecule has 0 radical (unpaired) electrons. The van der Waals surface area contributed by atoms with Crippen molar-refractivity contribution in [3.8, 4) is 5.75 Å². The first-order valence-corrected chi connectivity index (χ1v) is 12.3.